The lowest BCUT2D eigenvalue weighted by molar-refractivity contribution is -0.218. The Labute approximate surface area is 125 Å². The number of hydrogen-bond donors (Lipinski definition) is 3. The fraction of sp³-hybridized carbons (Fsp3) is 0.625. The highest BCUT2D eigenvalue weighted by Gasteiger charge is 2.41. The lowest BCUT2D eigenvalue weighted by atomic mass is 9.92. The van der Waals surface area contributed by atoms with E-state index in [1.807, 2.05) is 24.3 Å². The van der Waals surface area contributed by atoms with Crippen LogP contribution < -0.4 is 4.74 Å². The molecule has 1 aliphatic heterocycles. The standard InChI is InChI=1S/C16H24O5/c1-10-14(17)16(19)15(18)13(21-10)5-3-4-11-6-8-12(20-2)9-7-11/h6-10,13-19H,3-5H2,1-2H3. The number of aryl methyl sites for hydroxylation is 1. The number of hydrogen-bond acceptors (Lipinski definition) is 5. The molecule has 0 saturated carbocycles. The molecule has 0 amide bonds. The highest BCUT2D eigenvalue weighted by molar-refractivity contribution is 5.27. The van der Waals surface area contributed by atoms with Crippen LogP contribution in [0.2, 0.25) is 0 Å². The summed E-state index contributed by atoms with van der Waals surface area (Å²) in [6.45, 7) is 1.70. The van der Waals surface area contributed by atoms with Crippen LogP contribution in [0.1, 0.15) is 25.3 Å². The Hall–Kier alpha value is -1.14. The summed E-state index contributed by atoms with van der Waals surface area (Å²) in [5, 5.41) is 29.3. The molecule has 0 radical (unpaired) electrons. The molecule has 5 atom stereocenters. The molecule has 2 rings (SSSR count). The fourth-order valence-corrected chi connectivity index (χ4v) is 2.67. The van der Waals surface area contributed by atoms with Gasteiger partial charge in [0, 0.05) is 0 Å². The quantitative estimate of drug-likeness (QED) is 0.752. The largest absolute Gasteiger partial charge is 0.497 e. The van der Waals surface area contributed by atoms with Crippen LogP contribution >= 0.6 is 0 Å². The van der Waals surface area contributed by atoms with Crippen LogP contribution in [0.15, 0.2) is 24.3 Å². The smallest absolute Gasteiger partial charge is 0.118 e. The average Bonchev–Trinajstić information content (AvgIpc) is 2.51. The summed E-state index contributed by atoms with van der Waals surface area (Å²) in [6.07, 6.45) is -1.76. The van der Waals surface area contributed by atoms with Crippen molar-refractivity contribution in [3.63, 3.8) is 0 Å². The molecule has 1 aromatic carbocycles. The van der Waals surface area contributed by atoms with Gasteiger partial charge in [-0.1, -0.05) is 12.1 Å². The molecular formula is C16H24O5. The Morgan fingerprint density at radius 3 is 2.33 bits per heavy atom. The number of ether oxygens (including phenoxy) is 2. The summed E-state index contributed by atoms with van der Waals surface area (Å²) in [4.78, 5) is 0. The predicted molar refractivity (Wildman–Crippen MR) is 78.3 cm³/mol. The molecule has 1 aliphatic rings. The minimum atomic E-state index is -1.14. The second-order valence-corrected chi connectivity index (χ2v) is 5.59. The summed E-state index contributed by atoms with van der Waals surface area (Å²) in [5.74, 6) is 0.829. The highest BCUT2D eigenvalue weighted by Crippen LogP contribution is 2.24. The van der Waals surface area contributed by atoms with Gasteiger partial charge in [-0.25, -0.2) is 0 Å². The SMILES string of the molecule is COc1ccc(CCCC2OC(C)C(O)C(O)C2O)cc1. The van der Waals surface area contributed by atoms with Gasteiger partial charge in [0.1, 0.15) is 24.1 Å². The zero-order chi connectivity index (χ0) is 15.4. The van der Waals surface area contributed by atoms with Gasteiger partial charge < -0.3 is 24.8 Å². The number of rotatable bonds is 5. The van der Waals surface area contributed by atoms with Crippen LogP contribution in [0.25, 0.3) is 0 Å². The number of aliphatic hydroxyl groups is 3. The lowest BCUT2D eigenvalue weighted by Gasteiger charge is -2.39. The molecule has 0 spiro atoms. The lowest BCUT2D eigenvalue weighted by Crippen LogP contribution is -2.56. The zero-order valence-electron chi connectivity index (χ0n) is 12.5. The van der Waals surface area contributed by atoms with E-state index in [4.69, 9.17) is 9.47 Å². The first-order chi connectivity index (χ1) is 10.0. The van der Waals surface area contributed by atoms with Gasteiger partial charge in [-0.3, -0.25) is 0 Å². The summed E-state index contributed by atoms with van der Waals surface area (Å²) in [6, 6.07) is 7.86. The first-order valence-electron chi connectivity index (χ1n) is 7.35. The maximum atomic E-state index is 9.94. The number of methoxy groups -OCH3 is 1. The predicted octanol–water partition coefficient (Wildman–Crippen LogP) is 0.888. The van der Waals surface area contributed by atoms with Crippen molar-refractivity contribution < 1.29 is 24.8 Å². The van der Waals surface area contributed by atoms with Gasteiger partial charge >= 0.3 is 0 Å². The van der Waals surface area contributed by atoms with Crippen molar-refractivity contribution in [2.24, 2.45) is 0 Å². The first kappa shape index (κ1) is 16.2. The van der Waals surface area contributed by atoms with Crippen LogP contribution in [-0.2, 0) is 11.2 Å². The molecule has 1 aromatic rings. The fourth-order valence-electron chi connectivity index (χ4n) is 2.67. The van der Waals surface area contributed by atoms with E-state index in [0.29, 0.717) is 6.42 Å². The molecule has 118 valence electrons. The van der Waals surface area contributed by atoms with Crippen molar-refractivity contribution in [3.8, 4) is 5.75 Å². The highest BCUT2D eigenvalue weighted by atomic mass is 16.5. The van der Waals surface area contributed by atoms with Gasteiger partial charge in [-0.05, 0) is 43.9 Å². The Balaban J connectivity index is 1.82. The minimum Gasteiger partial charge on any atom is -0.497 e. The summed E-state index contributed by atoms with van der Waals surface area (Å²) in [5.41, 5.74) is 1.19. The van der Waals surface area contributed by atoms with E-state index in [9.17, 15) is 15.3 Å². The number of benzene rings is 1. The molecule has 0 aliphatic carbocycles. The molecule has 5 heteroatoms. The molecule has 0 aromatic heterocycles. The Kier molecular flexibility index (Phi) is 5.58. The Bertz CT molecular complexity index is 433. The van der Waals surface area contributed by atoms with Crippen molar-refractivity contribution in [1.29, 1.82) is 0 Å². The molecule has 1 saturated heterocycles. The second-order valence-electron chi connectivity index (χ2n) is 5.59. The Morgan fingerprint density at radius 2 is 1.71 bits per heavy atom. The monoisotopic (exact) mass is 296 g/mol. The molecule has 0 bridgehead atoms. The molecule has 5 unspecified atom stereocenters. The van der Waals surface area contributed by atoms with Crippen molar-refractivity contribution in [1.82, 2.24) is 0 Å². The average molecular weight is 296 g/mol. The van der Waals surface area contributed by atoms with Crippen molar-refractivity contribution >= 4 is 0 Å². The normalized spacial score (nSPS) is 32.9. The van der Waals surface area contributed by atoms with Gasteiger partial charge in [-0.15, -0.1) is 0 Å². The van der Waals surface area contributed by atoms with Gasteiger partial charge in [0.25, 0.3) is 0 Å². The third-order valence-electron chi connectivity index (χ3n) is 4.06. The maximum Gasteiger partial charge on any atom is 0.118 e. The molecular weight excluding hydrogens is 272 g/mol. The van der Waals surface area contributed by atoms with Crippen molar-refractivity contribution in [2.75, 3.05) is 7.11 Å². The third-order valence-corrected chi connectivity index (χ3v) is 4.06. The van der Waals surface area contributed by atoms with Gasteiger partial charge in [0.2, 0.25) is 0 Å². The van der Waals surface area contributed by atoms with Gasteiger partial charge in [-0.2, -0.15) is 0 Å². The molecule has 3 N–H and O–H groups in total. The van der Waals surface area contributed by atoms with E-state index in [0.717, 1.165) is 18.6 Å². The van der Waals surface area contributed by atoms with Crippen LogP contribution in [0.5, 0.6) is 5.75 Å². The van der Waals surface area contributed by atoms with Crippen LogP contribution in [0, 0.1) is 0 Å². The van der Waals surface area contributed by atoms with E-state index in [1.165, 1.54) is 5.56 Å². The minimum absolute atomic E-state index is 0.434. The Morgan fingerprint density at radius 1 is 1.05 bits per heavy atom. The van der Waals surface area contributed by atoms with E-state index in [2.05, 4.69) is 0 Å². The third kappa shape index (κ3) is 3.95. The molecule has 1 fully saturated rings. The van der Waals surface area contributed by atoms with E-state index >= 15 is 0 Å². The van der Waals surface area contributed by atoms with Gasteiger partial charge in [0.05, 0.1) is 19.3 Å². The van der Waals surface area contributed by atoms with Crippen LogP contribution in [-0.4, -0.2) is 52.9 Å². The van der Waals surface area contributed by atoms with Crippen LogP contribution in [0.4, 0.5) is 0 Å². The summed E-state index contributed by atoms with van der Waals surface area (Å²) < 4.78 is 10.7. The van der Waals surface area contributed by atoms with E-state index < -0.39 is 30.5 Å². The van der Waals surface area contributed by atoms with Crippen LogP contribution in [0.3, 0.4) is 0 Å². The molecule has 1 heterocycles. The topological polar surface area (TPSA) is 79.2 Å². The zero-order valence-corrected chi connectivity index (χ0v) is 12.5. The second kappa shape index (κ2) is 7.22. The van der Waals surface area contributed by atoms with Gasteiger partial charge in [0.15, 0.2) is 0 Å². The molecule has 5 nitrogen and oxygen atoms in total. The van der Waals surface area contributed by atoms with Crippen molar-refractivity contribution in [2.45, 2.75) is 56.7 Å². The molecule has 21 heavy (non-hydrogen) atoms. The first-order valence-corrected chi connectivity index (χ1v) is 7.35. The maximum absolute atomic E-state index is 9.94. The number of aliphatic hydroxyl groups excluding tert-OH is 3. The van der Waals surface area contributed by atoms with Crippen molar-refractivity contribution in [3.05, 3.63) is 29.8 Å². The van der Waals surface area contributed by atoms with E-state index in [-0.39, 0.29) is 0 Å². The summed E-state index contributed by atoms with van der Waals surface area (Å²) in [7, 11) is 1.64. The summed E-state index contributed by atoms with van der Waals surface area (Å²) >= 11 is 0. The van der Waals surface area contributed by atoms with E-state index in [1.54, 1.807) is 14.0 Å².